The minimum absolute atomic E-state index is 0. The number of hydrogen-bond donors (Lipinski definition) is 2. The van der Waals surface area contributed by atoms with E-state index in [1.165, 1.54) is 12.8 Å². The van der Waals surface area contributed by atoms with Crippen LogP contribution in [0.3, 0.4) is 0 Å². The van der Waals surface area contributed by atoms with Crippen molar-refractivity contribution in [3.63, 3.8) is 0 Å². The van der Waals surface area contributed by atoms with Crippen LogP contribution < -0.4 is 31.0 Å². The molecule has 1 rings (SSSR count). The van der Waals surface area contributed by atoms with E-state index < -0.39 is 15.6 Å². The molecular weight excluding hydrogens is 469 g/mol. The monoisotopic (exact) mass is 483 g/mol. The van der Waals surface area contributed by atoms with Gasteiger partial charge in [-0.05, 0) is 12.8 Å². The second-order valence-electron chi connectivity index (χ2n) is 3.59. The normalized spacial score (nSPS) is 24.6. The zero-order valence-corrected chi connectivity index (χ0v) is 13.3. The molecule has 0 aromatic heterocycles. The third kappa shape index (κ3) is 13.3. The third-order valence-electron chi connectivity index (χ3n) is 2.07. The van der Waals surface area contributed by atoms with Crippen LogP contribution in [0.25, 0.3) is 0 Å². The first kappa shape index (κ1) is 21.2. The Labute approximate surface area is 119 Å². The average molecular weight is 483 g/mol. The van der Waals surface area contributed by atoms with E-state index in [-0.39, 0.29) is 33.1 Å². The molecule has 1 fully saturated rings. The minimum atomic E-state index is -5.68. The fourth-order valence-corrected chi connectivity index (χ4v) is 2.29. The maximum absolute atomic E-state index is 9.32. The van der Waals surface area contributed by atoms with Crippen LogP contribution in [-0.2, 0) is 34.5 Å². The van der Waals surface area contributed by atoms with Crippen LogP contribution in [0.4, 0.5) is 0 Å². The van der Waals surface area contributed by atoms with Crippen molar-refractivity contribution < 1.29 is 54.1 Å². The molecule has 18 heavy (non-hydrogen) atoms. The van der Waals surface area contributed by atoms with Gasteiger partial charge in [0.05, 0.1) is 15.6 Å². The Balaban J connectivity index is 0. The standard InChI is InChI=1S/C6H14N2.H4O7P2.Pt/c7-5-3-1-2-4-6(5)8;1-8(2,3)7-9(4,5)6;/h5-6H,1-4,7-8H2;(H2,1,2,3)(H2,4,5,6);/q;;+4/p-4/t5-,6-;;/m1../s1. The minimum Gasteiger partial charge on any atom is -0.790 e. The van der Waals surface area contributed by atoms with Crippen LogP contribution in [0.1, 0.15) is 25.7 Å². The van der Waals surface area contributed by atoms with Crippen LogP contribution in [0.5, 0.6) is 0 Å². The summed E-state index contributed by atoms with van der Waals surface area (Å²) >= 11 is 0. The Kier molecular flexibility index (Phi) is 10.5. The number of phosphoric acid groups is 2. The van der Waals surface area contributed by atoms with Crippen LogP contribution in [0.15, 0.2) is 0 Å². The molecule has 0 spiro atoms. The van der Waals surface area contributed by atoms with Gasteiger partial charge in [-0.25, -0.2) is 0 Å². The molecule has 0 radical (unpaired) electrons. The predicted octanol–water partition coefficient (Wildman–Crippen LogP) is -3.13. The molecule has 0 bridgehead atoms. The van der Waals surface area contributed by atoms with Crippen molar-refractivity contribution in [1.29, 1.82) is 0 Å². The van der Waals surface area contributed by atoms with Gasteiger partial charge in [-0.1, -0.05) is 12.8 Å². The van der Waals surface area contributed by atoms with Gasteiger partial charge in [0, 0.05) is 12.1 Å². The molecule has 12 heteroatoms. The van der Waals surface area contributed by atoms with Gasteiger partial charge in [0.25, 0.3) is 0 Å². The zero-order valence-electron chi connectivity index (χ0n) is 9.21. The molecule has 2 atom stereocenters. The summed E-state index contributed by atoms with van der Waals surface area (Å²) in [7, 11) is -11.4. The molecule has 1 aliphatic rings. The van der Waals surface area contributed by atoms with Crippen molar-refractivity contribution in [1.82, 2.24) is 0 Å². The second-order valence-corrected chi connectivity index (χ2v) is 6.03. The molecule has 0 heterocycles. The van der Waals surface area contributed by atoms with Crippen LogP contribution in [0, 0.1) is 0 Å². The fraction of sp³-hybridized carbons (Fsp3) is 1.00. The Morgan fingerprint density at radius 2 is 1.17 bits per heavy atom. The van der Waals surface area contributed by atoms with E-state index in [4.69, 9.17) is 11.5 Å². The van der Waals surface area contributed by atoms with Crippen LogP contribution in [-0.4, -0.2) is 12.1 Å². The predicted molar refractivity (Wildman–Crippen MR) is 50.7 cm³/mol. The van der Waals surface area contributed by atoms with Gasteiger partial charge in [0.2, 0.25) is 0 Å². The summed E-state index contributed by atoms with van der Waals surface area (Å²) < 4.78 is 21.2. The molecule has 0 unspecified atom stereocenters. The first-order valence-electron chi connectivity index (χ1n) is 4.78. The van der Waals surface area contributed by atoms with Gasteiger partial charge in [0.15, 0.2) is 0 Å². The molecular formula is C6H14N2O7P2Pt. The Bertz CT molecular complexity index is 289. The van der Waals surface area contributed by atoms with E-state index in [2.05, 4.69) is 4.31 Å². The first-order chi connectivity index (χ1) is 7.51. The maximum atomic E-state index is 9.32. The molecule has 1 aliphatic carbocycles. The molecule has 0 amide bonds. The Hall–Kier alpha value is 0.868. The van der Waals surface area contributed by atoms with E-state index in [9.17, 15) is 28.7 Å². The summed E-state index contributed by atoms with van der Waals surface area (Å²) in [6.45, 7) is 0. The van der Waals surface area contributed by atoms with E-state index in [1.807, 2.05) is 0 Å². The van der Waals surface area contributed by atoms with Crippen molar-refractivity contribution >= 4 is 15.6 Å². The van der Waals surface area contributed by atoms with Gasteiger partial charge >= 0.3 is 21.1 Å². The first-order valence-corrected chi connectivity index (χ1v) is 7.70. The number of rotatable bonds is 2. The molecule has 0 aliphatic heterocycles. The van der Waals surface area contributed by atoms with Gasteiger partial charge in [-0.15, -0.1) is 0 Å². The second kappa shape index (κ2) is 8.92. The fourth-order valence-electron chi connectivity index (χ4n) is 1.31. The van der Waals surface area contributed by atoms with Crippen molar-refractivity contribution in [2.75, 3.05) is 0 Å². The van der Waals surface area contributed by atoms with Gasteiger partial charge in [-0.3, -0.25) is 0 Å². The topological polar surface area (TPSA) is 188 Å². The van der Waals surface area contributed by atoms with E-state index in [0.29, 0.717) is 0 Å². The molecule has 9 nitrogen and oxygen atoms in total. The molecule has 110 valence electrons. The zero-order chi connectivity index (χ0) is 13.7. The summed E-state index contributed by atoms with van der Waals surface area (Å²) in [6, 6.07) is 0.562. The van der Waals surface area contributed by atoms with Crippen molar-refractivity contribution in [2.24, 2.45) is 11.5 Å². The Morgan fingerprint density at radius 1 is 0.889 bits per heavy atom. The summed E-state index contributed by atoms with van der Waals surface area (Å²) in [6.07, 6.45) is 4.80. The maximum Gasteiger partial charge on any atom is 4.00 e. The largest absolute Gasteiger partial charge is 4.00 e. The molecule has 0 aromatic carbocycles. The van der Waals surface area contributed by atoms with Crippen LogP contribution >= 0.6 is 15.6 Å². The average Bonchev–Trinajstić information content (AvgIpc) is 2.04. The number of hydrogen-bond acceptors (Lipinski definition) is 9. The van der Waals surface area contributed by atoms with Crippen molar-refractivity contribution in [2.45, 2.75) is 37.8 Å². The quantitative estimate of drug-likeness (QED) is 0.383. The molecule has 1 saturated carbocycles. The number of nitrogens with two attached hydrogens (primary N) is 2. The van der Waals surface area contributed by atoms with E-state index in [0.717, 1.165) is 12.8 Å². The summed E-state index contributed by atoms with van der Waals surface area (Å²) in [5.74, 6) is 0. The van der Waals surface area contributed by atoms with Gasteiger partial charge in [0.1, 0.15) is 0 Å². The molecule has 0 aromatic rings. The van der Waals surface area contributed by atoms with Crippen molar-refractivity contribution in [3.05, 3.63) is 0 Å². The SMILES string of the molecule is N[C@@H]1CCCC[C@H]1N.O=P([O-])([O-])OP(=O)([O-])[O-].[Pt+4]. The summed E-state index contributed by atoms with van der Waals surface area (Å²) in [5.41, 5.74) is 11.3. The van der Waals surface area contributed by atoms with Crippen molar-refractivity contribution in [3.8, 4) is 0 Å². The third-order valence-corrected chi connectivity index (χ3v) is 3.67. The Morgan fingerprint density at radius 3 is 1.28 bits per heavy atom. The van der Waals surface area contributed by atoms with E-state index >= 15 is 0 Å². The van der Waals surface area contributed by atoms with Gasteiger partial charge in [-0.2, -0.15) is 0 Å². The summed E-state index contributed by atoms with van der Waals surface area (Å²) in [5, 5.41) is 0. The molecule has 4 N–H and O–H groups in total. The van der Waals surface area contributed by atoms with E-state index in [1.54, 1.807) is 0 Å². The smallest absolute Gasteiger partial charge is 0.790 e. The van der Waals surface area contributed by atoms with Gasteiger partial charge < -0.3 is 44.5 Å². The van der Waals surface area contributed by atoms with Crippen LogP contribution in [0.2, 0.25) is 0 Å². The summed E-state index contributed by atoms with van der Waals surface area (Å²) in [4.78, 5) is 37.3. The molecule has 0 saturated heterocycles.